The van der Waals surface area contributed by atoms with Crippen LogP contribution in [0.3, 0.4) is 0 Å². The average Bonchev–Trinajstić information content (AvgIpc) is 2.78. The van der Waals surface area contributed by atoms with E-state index in [0.29, 0.717) is 16.5 Å². The van der Waals surface area contributed by atoms with Gasteiger partial charge in [-0.2, -0.15) is 0 Å². The number of carbonyl (C=O) groups excluding carboxylic acids is 1. The fourth-order valence-corrected chi connectivity index (χ4v) is 2.32. The Bertz CT molecular complexity index is 738. The Morgan fingerprint density at radius 3 is 2.52 bits per heavy atom. The number of rotatable bonds is 6. The van der Waals surface area contributed by atoms with Crippen LogP contribution in [-0.2, 0) is 11.3 Å². The molecule has 0 atom stereocenters. The zero-order valence-electron chi connectivity index (χ0n) is 11.5. The molecule has 3 N–H and O–H groups in total. The average molecular weight is 285 g/mol. The number of Topliss-reactive ketones (excluding diaryl/α,β-unsaturated/α-hetero) is 1. The molecule has 0 spiro atoms. The molecule has 1 aromatic heterocycles. The van der Waals surface area contributed by atoms with Gasteiger partial charge in [0.15, 0.2) is 5.78 Å². The first-order chi connectivity index (χ1) is 9.97. The molecular weight excluding hydrogens is 270 g/mol. The van der Waals surface area contributed by atoms with E-state index in [1.54, 1.807) is 18.2 Å². The number of aromatic nitrogens is 1. The van der Waals surface area contributed by atoms with Gasteiger partial charge in [0.25, 0.3) is 0 Å². The highest BCUT2D eigenvalue weighted by molar-refractivity contribution is 6.07. The molecule has 0 radical (unpaired) electrons. The monoisotopic (exact) mass is 285 g/mol. The summed E-state index contributed by atoms with van der Waals surface area (Å²) < 4.78 is 1.52. The van der Waals surface area contributed by atoms with Gasteiger partial charge in [-0.05, 0) is 24.6 Å². The number of benzene rings is 1. The van der Waals surface area contributed by atoms with Gasteiger partial charge in [-0.25, -0.2) is 0 Å². The molecule has 0 bridgehead atoms. The second-order valence-electron chi connectivity index (χ2n) is 4.76. The van der Waals surface area contributed by atoms with Crippen molar-refractivity contribution in [1.82, 2.24) is 4.57 Å². The summed E-state index contributed by atoms with van der Waals surface area (Å²) >= 11 is 0. The first-order valence-corrected chi connectivity index (χ1v) is 6.34. The van der Waals surface area contributed by atoms with Crippen LogP contribution in [0.15, 0.2) is 24.4 Å². The van der Waals surface area contributed by atoms with Gasteiger partial charge >= 0.3 is 5.97 Å². The molecule has 0 saturated carbocycles. The summed E-state index contributed by atoms with van der Waals surface area (Å²) in [6.45, 7) is 1.21. The Morgan fingerprint density at radius 1 is 1.33 bits per heavy atom. The van der Waals surface area contributed by atoms with E-state index in [1.165, 1.54) is 17.7 Å². The summed E-state index contributed by atoms with van der Waals surface area (Å²) in [7, 11) is 0. The number of nitrogens with zero attached hydrogens (tertiary/aromatic N) is 1. The Kier molecular flexibility index (Phi) is 3.98. The normalized spacial score (nSPS) is 12.0. The number of ketones is 1. The SMILES string of the molecule is CC(=O)c1cn(CC(=O)O)c2ccc(C(C=N)C=N)cc12. The van der Waals surface area contributed by atoms with E-state index in [0.717, 1.165) is 18.0 Å². The second-order valence-corrected chi connectivity index (χ2v) is 4.76. The molecule has 1 aromatic carbocycles. The van der Waals surface area contributed by atoms with Crippen LogP contribution in [0.1, 0.15) is 28.8 Å². The van der Waals surface area contributed by atoms with Crippen LogP contribution < -0.4 is 0 Å². The molecule has 2 aromatic rings. The Labute approximate surface area is 121 Å². The van der Waals surface area contributed by atoms with Crippen LogP contribution in [-0.4, -0.2) is 33.9 Å². The summed E-state index contributed by atoms with van der Waals surface area (Å²) in [6, 6.07) is 5.20. The molecule has 2 rings (SSSR count). The number of carbonyl (C=O) groups is 2. The first-order valence-electron chi connectivity index (χ1n) is 6.34. The van der Waals surface area contributed by atoms with E-state index >= 15 is 0 Å². The lowest BCUT2D eigenvalue weighted by Gasteiger charge is -2.07. The first kappa shape index (κ1) is 14.6. The number of hydrogen-bond donors (Lipinski definition) is 3. The highest BCUT2D eigenvalue weighted by Crippen LogP contribution is 2.26. The smallest absolute Gasteiger partial charge is 0.323 e. The fraction of sp³-hybridized carbons (Fsp3) is 0.200. The fourth-order valence-electron chi connectivity index (χ4n) is 2.32. The van der Waals surface area contributed by atoms with Crippen molar-refractivity contribution in [2.45, 2.75) is 19.4 Å². The minimum absolute atomic E-state index is 0.150. The topological polar surface area (TPSA) is 107 Å². The van der Waals surface area contributed by atoms with Crippen molar-refractivity contribution < 1.29 is 14.7 Å². The zero-order chi connectivity index (χ0) is 15.6. The van der Waals surface area contributed by atoms with E-state index in [4.69, 9.17) is 15.9 Å². The molecule has 0 aliphatic rings. The maximum Gasteiger partial charge on any atom is 0.323 e. The van der Waals surface area contributed by atoms with Gasteiger partial charge in [-0.1, -0.05) is 6.07 Å². The van der Waals surface area contributed by atoms with Crippen LogP contribution in [0.2, 0.25) is 0 Å². The van der Waals surface area contributed by atoms with Gasteiger partial charge in [-0.3, -0.25) is 9.59 Å². The Hall–Kier alpha value is -2.76. The lowest BCUT2D eigenvalue weighted by molar-refractivity contribution is -0.137. The van der Waals surface area contributed by atoms with Gasteiger partial charge in [-0.15, -0.1) is 0 Å². The molecular formula is C15H15N3O3. The molecule has 0 aliphatic carbocycles. The highest BCUT2D eigenvalue weighted by atomic mass is 16.4. The molecule has 21 heavy (non-hydrogen) atoms. The molecule has 6 heteroatoms. The predicted octanol–water partition coefficient (Wildman–Crippen LogP) is 2.31. The minimum Gasteiger partial charge on any atom is -0.480 e. The summed E-state index contributed by atoms with van der Waals surface area (Å²) in [4.78, 5) is 22.6. The van der Waals surface area contributed by atoms with E-state index in [-0.39, 0.29) is 12.3 Å². The van der Waals surface area contributed by atoms with Gasteiger partial charge in [0.05, 0.1) is 5.92 Å². The largest absolute Gasteiger partial charge is 0.480 e. The van der Waals surface area contributed by atoms with Crippen molar-refractivity contribution in [3.63, 3.8) is 0 Å². The lowest BCUT2D eigenvalue weighted by atomic mass is 9.98. The maximum atomic E-state index is 11.7. The summed E-state index contributed by atoms with van der Waals surface area (Å²) in [6.07, 6.45) is 3.83. The molecule has 0 saturated heterocycles. The molecule has 0 fully saturated rings. The number of carboxylic acids is 1. The van der Waals surface area contributed by atoms with Crippen molar-refractivity contribution in [1.29, 1.82) is 10.8 Å². The molecule has 0 aliphatic heterocycles. The molecule has 0 amide bonds. The standard InChI is InChI=1S/C15H15N3O3/c1-9(19)13-7-18(8-15(20)21)14-3-2-10(4-12(13)14)11(5-16)6-17/h2-7,11,16-17H,8H2,1H3,(H,20,21). The summed E-state index contributed by atoms with van der Waals surface area (Å²) in [5, 5.41) is 24.2. The third-order valence-corrected chi connectivity index (χ3v) is 3.33. The maximum absolute atomic E-state index is 11.7. The van der Waals surface area contributed by atoms with E-state index < -0.39 is 11.9 Å². The van der Waals surface area contributed by atoms with Gasteiger partial charge in [0.1, 0.15) is 6.54 Å². The van der Waals surface area contributed by atoms with Crippen LogP contribution in [0.25, 0.3) is 10.9 Å². The van der Waals surface area contributed by atoms with Crippen molar-refractivity contribution in [3.8, 4) is 0 Å². The summed E-state index contributed by atoms with van der Waals surface area (Å²) in [5.41, 5.74) is 1.82. The van der Waals surface area contributed by atoms with Gasteiger partial charge < -0.3 is 20.5 Å². The molecule has 1 heterocycles. The Balaban J connectivity index is 2.67. The number of fused-ring (bicyclic) bond motifs is 1. The minimum atomic E-state index is -0.983. The van der Waals surface area contributed by atoms with E-state index in [2.05, 4.69) is 0 Å². The second kappa shape index (κ2) is 5.70. The third-order valence-electron chi connectivity index (χ3n) is 3.33. The Morgan fingerprint density at radius 2 is 2.00 bits per heavy atom. The van der Waals surface area contributed by atoms with Crippen LogP contribution >= 0.6 is 0 Å². The summed E-state index contributed by atoms with van der Waals surface area (Å²) in [5.74, 6) is -1.58. The highest BCUT2D eigenvalue weighted by Gasteiger charge is 2.15. The van der Waals surface area contributed by atoms with Crippen molar-refractivity contribution in [2.75, 3.05) is 0 Å². The third kappa shape index (κ3) is 2.74. The number of aliphatic carboxylic acids is 1. The van der Waals surface area contributed by atoms with Crippen LogP contribution in [0.4, 0.5) is 0 Å². The lowest BCUT2D eigenvalue weighted by Crippen LogP contribution is -2.07. The molecule has 108 valence electrons. The van der Waals surface area contributed by atoms with E-state index in [9.17, 15) is 9.59 Å². The van der Waals surface area contributed by atoms with Crippen LogP contribution in [0, 0.1) is 10.8 Å². The van der Waals surface area contributed by atoms with Crippen LogP contribution in [0.5, 0.6) is 0 Å². The number of nitrogens with one attached hydrogen (secondary N) is 2. The van der Waals surface area contributed by atoms with Gasteiger partial charge in [0.2, 0.25) is 0 Å². The molecule has 6 nitrogen and oxygen atoms in total. The van der Waals surface area contributed by atoms with Crippen molar-refractivity contribution in [2.24, 2.45) is 0 Å². The number of carboxylic acid groups (broad SMARTS) is 1. The zero-order valence-corrected chi connectivity index (χ0v) is 11.5. The number of hydrogen-bond acceptors (Lipinski definition) is 4. The van der Waals surface area contributed by atoms with Gasteiger partial charge in [0, 0.05) is 35.1 Å². The quantitative estimate of drug-likeness (QED) is 0.560. The van der Waals surface area contributed by atoms with E-state index in [1.807, 2.05) is 0 Å². The van der Waals surface area contributed by atoms with Crippen molar-refractivity contribution in [3.05, 3.63) is 35.5 Å². The molecule has 0 unspecified atom stereocenters. The predicted molar refractivity (Wildman–Crippen MR) is 79.9 cm³/mol. The van der Waals surface area contributed by atoms with Crippen molar-refractivity contribution >= 4 is 35.1 Å².